The van der Waals surface area contributed by atoms with E-state index in [0.717, 1.165) is 12.8 Å². The number of nitrogens with one attached hydrogen (secondary N) is 1. The van der Waals surface area contributed by atoms with Crippen LogP contribution in [0.15, 0.2) is 30.6 Å². The molecule has 0 bridgehead atoms. The van der Waals surface area contributed by atoms with E-state index in [4.69, 9.17) is 0 Å². The molecule has 0 spiro atoms. The van der Waals surface area contributed by atoms with Gasteiger partial charge in [0.1, 0.15) is 0 Å². The van der Waals surface area contributed by atoms with Crippen LogP contribution >= 0.6 is 0 Å². The van der Waals surface area contributed by atoms with Crippen LogP contribution in [0.1, 0.15) is 19.8 Å². The van der Waals surface area contributed by atoms with Crippen molar-refractivity contribution in [3.63, 3.8) is 0 Å². The first-order valence-corrected chi connectivity index (χ1v) is 5.50. The molecule has 1 heterocycles. The molecule has 0 unspecified atom stereocenters. The van der Waals surface area contributed by atoms with Crippen molar-refractivity contribution in [3.8, 4) is 0 Å². The number of carbonyl (C=O) groups excluding carboxylic acids is 1. The Kier molecular flexibility index (Phi) is 3.29. The zero-order chi connectivity index (χ0) is 11.4. The third kappa shape index (κ3) is 2.45. The first kappa shape index (κ1) is 10.8. The summed E-state index contributed by atoms with van der Waals surface area (Å²) >= 11 is 0. The Morgan fingerprint density at radius 3 is 2.69 bits per heavy atom. The van der Waals surface area contributed by atoms with Crippen molar-refractivity contribution in [2.24, 2.45) is 11.8 Å². The maximum atomic E-state index is 12.0. The van der Waals surface area contributed by atoms with Crippen LogP contribution < -0.4 is 5.32 Å². The Balaban J connectivity index is 2.00. The number of amides is 1. The molecule has 1 aliphatic carbocycles. The molecule has 2 rings (SSSR count). The summed E-state index contributed by atoms with van der Waals surface area (Å²) in [5, 5.41) is 2.75. The van der Waals surface area contributed by atoms with Gasteiger partial charge in [-0.25, -0.2) is 9.97 Å². The molecular formula is C12H15N3O. The zero-order valence-corrected chi connectivity index (χ0v) is 9.26. The van der Waals surface area contributed by atoms with Crippen LogP contribution in [0.2, 0.25) is 0 Å². The highest BCUT2D eigenvalue weighted by atomic mass is 16.2. The third-order valence-corrected chi connectivity index (χ3v) is 2.89. The van der Waals surface area contributed by atoms with Gasteiger partial charge in [0.2, 0.25) is 11.9 Å². The van der Waals surface area contributed by atoms with Crippen LogP contribution in [-0.2, 0) is 4.79 Å². The zero-order valence-electron chi connectivity index (χ0n) is 9.26. The molecule has 4 heteroatoms. The lowest BCUT2D eigenvalue weighted by atomic mass is 9.84. The topological polar surface area (TPSA) is 54.9 Å². The number of allylic oxidation sites excluding steroid dienone is 2. The van der Waals surface area contributed by atoms with Crippen molar-refractivity contribution in [2.45, 2.75) is 19.8 Å². The summed E-state index contributed by atoms with van der Waals surface area (Å²) in [5.41, 5.74) is 0. The fourth-order valence-corrected chi connectivity index (χ4v) is 1.88. The van der Waals surface area contributed by atoms with Gasteiger partial charge in [-0.2, -0.15) is 0 Å². The Morgan fingerprint density at radius 2 is 2.00 bits per heavy atom. The Morgan fingerprint density at radius 1 is 1.31 bits per heavy atom. The lowest BCUT2D eigenvalue weighted by Crippen LogP contribution is -2.29. The molecule has 16 heavy (non-hydrogen) atoms. The SMILES string of the molecule is C[C@@H]1CC=CC[C@H]1C(=O)Nc1ncccn1. The first-order valence-electron chi connectivity index (χ1n) is 5.50. The summed E-state index contributed by atoms with van der Waals surface area (Å²) in [6, 6.07) is 1.72. The summed E-state index contributed by atoms with van der Waals surface area (Å²) in [4.78, 5) is 19.9. The molecule has 0 fully saturated rings. The van der Waals surface area contributed by atoms with Crippen molar-refractivity contribution in [1.29, 1.82) is 0 Å². The van der Waals surface area contributed by atoms with Crippen LogP contribution in [-0.4, -0.2) is 15.9 Å². The smallest absolute Gasteiger partial charge is 0.230 e. The average Bonchev–Trinajstić information content (AvgIpc) is 2.31. The number of aromatic nitrogens is 2. The van der Waals surface area contributed by atoms with Gasteiger partial charge in [-0.05, 0) is 24.8 Å². The molecule has 0 aromatic carbocycles. The highest BCUT2D eigenvalue weighted by Gasteiger charge is 2.25. The van der Waals surface area contributed by atoms with Crippen LogP contribution in [0.5, 0.6) is 0 Å². The molecule has 0 saturated heterocycles. The lowest BCUT2D eigenvalue weighted by Gasteiger charge is -2.23. The molecule has 1 amide bonds. The largest absolute Gasteiger partial charge is 0.294 e. The van der Waals surface area contributed by atoms with Gasteiger partial charge >= 0.3 is 0 Å². The van der Waals surface area contributed by atoms with Gasteiger partial charge in [0.05, 0.1) is 0 Å². The third-order valence-electron chi connectivity index (χ3n) is 2.89. The second kappa shape index (κ2) is 4.88. The number of hydrogen-bond acceptors (Lipinski definition) is 3. The lowest BCUT2D eigenvalue weighted by molar-refractivity contribution is -0.121. The van der Waals surface area contributed by atoms with E-state index in [1.165, 1.54) is 0 Å². The van der Waals surface area contributed by atoms with Gasteiger partial charge in [-0.1, -0.05) is 19.1 Å². The minimum absolute atomic E-state index is 0.0167. The summed E-state index contributed by atoms with van der Waals surface area (Å²) in [6.07, 6.45) is 9.21. The van der Waals surface area contributed by atoms with Crippen molar-refractivity contribution < 1.29 is 4.79 Å². The Bertz CT molecular complexity index is 389. The summed E-state index contributed by atoms with van der Waals surface area (Å²) in [6.45, 7) is 2.10. The normalized spacial score (nSPS) is 24.1. The van der Waals surface area contributed by atoms with Crippen molar-refractivity contribution in [2.75, 3.05) is 5.32 Å². The van der Waals surface area contributed by atoms with E-state index >= 15 is 0 Å². The monoisotopic (exact) mass is 217 g/mol. The predicted octanol–water partition coefficient (Wildman–Crippen LogP) is 2.02. The van der Waals surface area contributed by atoms with E-state index in [2.05, 4.69) is 34.4 Å². The van der Waals surface area contributed by atoms with Gasteiger partial charge in [0.15, 0.2) is 0 Å². The van der Waals surface area contributed by atoms with E-state index in [1.54, 1.807) is 18.5 Å². The molecule has 1 aromatic rings. The molecule has 0 saturated carbocycles. The van der Waals surface area contributed by atoms with Crippen molar-refractivity contribution >= 4 is 11.9 Å². The minimum atomic E-state index is 0.0167. The standard InChI is InChI=1S/C12H15N3O/c1-9-5-2-3-6-10(9)11(16)15-12-13-7-4-8-14-12/h2-4,7-10H,5-6H2,1H3,(H,13,14,15,16)/t9-,10-/m1/s1. The number of carbonyl (C=O) groups is 1. The van der Waals surface area contributed by atoms with Crippen LogP contribution in [0.25, 0.3) is 0 Å². The van der Waals surface area contributed by atoms with Gasteiger partial charge in [0, 0.05) is 18.3 Å². The molecule has 1 N–H and O–H groups in total. The number of anilines is 1. The fraction of sp³-hybridized carbons (Fsp3) is 0.417. The maximum Gasteiger partial charge on any atom is 0.230 e. The second-order valence-corrected chi connectivity index (χ2v) is 4.09. The first-order chi connectivity index (χ1) is 7.77. The van der Waals surface area contributed by atoms with Crippen LogP contribution in [0.3, 0.4) is 0 Å². The van der Waals surface area contributed by atoms with E-state index in [-0.39, 0.29) is 11.8 Å². The molecule has 0 radical (unpaired) electrons. The van der Waals surface area contributed by atoms with E-state index < -0.39 is 0 Å². The fourth-order valence-electron chi connectivity index (χ4n) is 1.88. The van der Waals surface area contributed by atoms with Gasteiger partial charge in [0.25, 0.3) is 0 Å². The minimum Gasteiger partial charge on any atom is -0.294 e. The molecular weight excluding hydrogens is 202 g/mol. The molecule has 4 nitrogen and oxygen atoms in total. The second-order valence-electron chi connectivity index (χ2n) is 4.09. The summed E-state index contributed by atoms with van der Waals surface area (Å²) in [5.74, 6) is 0.819. The highest BCUT2D eigenvalue weighted by molar-refractivity contribution is 5.91. The van der Waals surface area contributed by atoms with Gasteiger partial charge in [-0.3, -0.25) is 10.1 Å². The molecule has 0 aliphatic heterocycles. The highest BCUT2D eigenvalue weighted by Crippen LogP contribution is 2.25. The van der Waals surface area contributed by atoms with Crippen molar-refractivity contribution in [3.05, 3.63) is 30.6 Å². The summed E-state index contributed by atoms with van der Waals surface area (Å²) < 4.78 is 0. The Hall–Kier alpha value is -1.71. The Labute approximate surface area is 94.8 Å². The van der Waals surface area contributed by atoms with Gasteiger partial charge < -0.3 is 0 Å². The summed E-state index contributed by atoms with van der Waals surface area (Å²) in [7, 11) is 0. The predicted molar refractivity (Wildman–Crippen MR) is 61.7 cm³/mol. The number of hydrogen-bond donors (Lipinski definition) is 1. The molecule has 2 atom stereocenters. The quantitative estimate of drug-likeness (QED) is 0.771. The van der Waals surface area contributed by atoms with E-state index in [9.17, 15) is 4.79 Å². The average molecular weight is 217 g/mol. The maximum absolute atomic E-state index is 12.0. The molecule has 84 valence electrons. The van der Waals surface area contributed by atoms with Crippen molar-refractivity contribution in [1.82, 2.24) is 9.97 Å². The van der Waals surface area contributed by atoms with E-state index in [0.29, 0.717) is 11.9 Å². The van der Waals surface area contributed by atoms with Crippen LogP contribution in [0.4, 0.5) is 5.95 Å². The molecule has 1 aliphatic rings. The molecule has 1 aromatic heterocycles. The van der Waals surface area contributed by atoms with Gasteiger partial charge in [-0.15, -0.1) is 0 Å². The van der Waals surface area contributed by atoms with E-state index in [1.807, 2.05) is 0 Å². The number of rotatable bonds is 2. The van der Waals surface area contributed by atoms with Crippen LogP contribution in [0, 0.1) is 11.8 Å². The number of nitrogens with zero attached hydrogens (tertiary/aromatic N) is 2.